The minimum Gasteiger partial charge on any atom is -0.315 e. The molecular weight excluding hydrogens is 256 g/mol. The highest BCUT2D eigenvalue weighted by Gasteiger charge is 2.32. The zero-order valence-corrected chi connectivity index (χ0v) is 15.0. The molecule has 0 bridgehead atoms. The van der Waals surface area contributed by atoms with Crippen LogP contribution in [0.4, 0.5) is 0 Å². The molecule has 1 atom stereocenters. The third-order valence-corrected chi connectivity index (χ3v) is 4.87. The number of benzene rings is 1. The summed E-state index contributed by atoms with van der Waals surface area (Å²) < 4.78 is 0. The maximum absolute atomic E-state index is 3.54. The fourth-order valence-corrected chi connectivity index (χ4v) is 3.24. The molecule has 1 rings (SSSR count). The van der Waals surface area contributed by atoms with Crippen LogP contribution in [0.15, 0.2) is 24.3 Å². The van der Waals surface area contributed by atoms with E-state index in [1.165, 1.54) is 11.1 Å². The Kier molecular flexibility index (Phi) is 6.89. The lowest BCUT2D eigenvalue weighted by atomic mass is 9.87. The van der Waals surface area contributed by atoms with Crippen LogP contribution in [-0.4, -0.2) is 36.6 Å². The van der Waals surface area contributed by atoms with Gasteiger partial charge >= 0.3 is 0 Å². The van der Waals surface area contributed by atoms with E-state index in [0.29, 0.717) is 12.0 Å². The van der Waals surface area contributed by atoms with Crippen LogP contribution in [0.5, 0.6) is 0 Å². The second-order valence-corrected chi connectivity index (χ2v) is 6.77. The molecule has 1 N–H and O–H groups in total. The van der Waals surface area contributed by atoms with Crippen LogP contribution in [0.1, 0.15) is 58.6 Å². The first-order chi connectivity index (χ1) is 9.86. The molecule has 0 saturated heterocycles. The van der Waals surface area contributed by atoms with Gasteiger partial charge in [0, 0.05) is 11.6 Å². The van der Waals surface area contributed by atoms with E-state index in [-0.39, 0.29) is 5.54 Å². The molecular formula is C19H34N2. The Bertz CT molecular complexity index is 402. The highest BCUT2D eigenvalue weighted by atomic mass is 15.2. The summed E-state index contributed by atoms with van der Waals surface area (Å²) in [6, 6.07) is 9.58. The fourth-order valence-electron chi connectivity index (χ4n) is 3.24. The molecule has 1 aromatic rings. The number of hydrogen-bond acceptors (Lipinski definition) is 2. The Balaban J connectivity index is 2.86. The molecule has 0 aliphatic heterocycles. The van der Waals surface area contributed by atoms with Gasteiger partial charge in [0.25, 0.3) is 0 Å². The number of nitrogens with one attached hydrogen (secondary N) is 1. The fraction of sp³-hybridized carbons (Fsp3) is 0.684. The number of nitrogens with zero attached hydrogens (tertiary/aromatic N) is 1. The monoisotopic (exact) mass is 290 g/mol. The standard InChI is InChI=1S/C19H34N2/c1-8-21(9-2)19(5,6)18(20-7)14-16-10-12-17(13-11-16)15(3)4/h10-13,15,18,20H,8-9,14H2,1-7H3. The molecule has 0 aliphatic rings. The Morgan fingerprint density at radius 1 is 1.05 bits per heavy atom. The van der Waals surface area contributed by atoms with Gasteiger partial charge in [-0.25, -0.2) is 0 Å². The lowest BCUT2D eigenvalue weighted by molar-refractivity contribution is 0.0944. The highest BCUT2D eigenvalue weighted by Crippen LogP contribution is 2.23. The van der Waals surface area contributed by atoms with Gasteiger partial charge in [0.1, 0.15) is 0 Å². The van der Waals surface area contributed by atoms with Crippen LogP contribution >= 0.6 is 0 Å². The minimum atomic E-state index is 0.148. The van der Waals surface area contributed by atoms with E-state index >= 15 is 0 Å². The highest BCUT2D eigenvalue weighted by molar-refractivity contribution is 5.25. The predicted octanol–water partition coefficient (Wildman–Crippen LogP) is 4.06. The van der Waals surface area contributed by atoms with Crippen molar-refractivity contribution in [3.05, 3.63) is 35.4 Å². The average molecular weight is 290 g/mol. The molecule has 2 nitrogen and oxygen atoms in total. The maximum atomic E-state index is 3.54. The zero-order chi connectivity index (χ0) is 16.0. The Labute approximate surface area is 131 Å². The first-order valence-electron chi connectivity index (χ1n) is 8.37. The van der Waals surface area contributed by atoms with Crippen LogP contribution in [0.25, 0.3) is 0 Å². The molecule has 120 valence electrons. The van der Waals surface area contributed by atoms with Gasteiger partial charge in [0.05, 0.1) is 0 Å². The molecule has 1 aromatic carbocycles. The summed E-state index contributed by atoms with van der Waals surface area (Å²) >= 11 is 0. The summed E-state index contributed by atoms with van der Waals surface area (Å²) in [4.78, 5) is 2.54. The van der Waals surface area contributed by atoms with Crippen molar-refractivity contribution < 1.29 is 0 Å². The lowest BCUT2D eigenvalue weighted by Crippen LogP contribution is -2.57. The third-order valence-electron chi connectivity index (χ3n) is 4.87. The summed E-state index contributed by atoms with van der Waals surface area (Å²) in [5.41, 5.74) is 2.98. The van der Waals surface area contributed by atoms with E-state index < -0.39 is 0 Å². The molecule has 0 amide bonds. The summed E-state index contributed by atoms with van der Waals surface area (Å²) in [5.74, 6) is 0.603. The van der Waals surface area contributed by atoms with E-state index in [4.69, 9.17) is 0 Å². The minimum absolute atomic E-state index is 0.148. The van der Waals surface area contributed by atoms with Gasteiger partial charge in [-0.15, -0.1) is 0 Å². The van der Waals surface area contributed by atoms with Gasteiger partial charge in [-0.2, -0.15) is 0 Å². The molecule has 0 fully saturated rings. The van der Waals surface area contributed by atoms with Crippen LogP contribution in [0.2, 0.25) is 0 Å². The SMILES string of the molecule is CCN(CC)C(C)(C)C(Cc1ccc(C(C)C)cc1)NC. The molecule has 0 aromatic heterocycles. The summed E-state index contributed by atoms with van der Waals surface area (Å²) in [6.45, 7) is 15.9. The van der Waals surface area contributed by atoms with Crippen molar-refractivity contribution in [2.45, 2.75) is 65.5 Å². The first-order valence-corrected chi connectivity index (χ1v) is 8.37. The maximum Gasteiger partial charge on any atom is 0.0309 e. The van der Waals surface area contributed by atoms with Crippen molar-refractivity contribution in [3.63, 3.8) is 0 Å². The molecule has 2 heteroatoms. The van der Waals surface area contributed by atoms with Gasteiger partial charge in [0.2, 0.25) is 0 Å². The average Bonchev–Trinajstić information content (AvgIpc) is 2.45. The van der Waals surface area contributed by atoms with E-state index in [9.17, 15) is 0 Å². The van der Waals surface area contributed by atoms with Crippen LogP contribution in [-0.2, 0) is 6.42 Å². The van der Waals surface area contributed by atoms with E-state index in [0.717, 1.165) is 19.5 Å². The molecule has 0 heterocycles. The summed E-state index contributed by atoms with van der Waals surface area (Å²) in [5, 5.41) is 3.54. The van der Waals surface area contributed by atoms with Crippen molar-refractivity contribution in [1.82, 2.24) is 10.2 Å². The van der Waals surface area contributed by atoms with E-state index in [1.54, 1.807) is 0 Å². The van der Waals surface area contributed by atoms with Crippen molar-refractivity contribution in [2.75, 3.05) is 20.1 Å². The van der Waals surface area contributed by atoms with E-state index in [2.05, 4.69) is 83.1 Å². The molecule has 0 radical (unpaired) electrons. The molecule has 21 heavy (non-hydrogen) atoms. The van der Waals surface area contributed by atoms with Gasteiger partial charge in [-0.3, -0.25) is 4.90 Å². The van der Waals surface area contributed by atoms with Crippen molar-refractivity contribution in [2.24, 2.45) is 0 Å². The first kappa shape index (κ1) is 18.2. The second kappa shape index (κ2) is 7.95. The molecule has 0 spiro atoms. The Hall–Kier alpha value is -0.860. The zero-order valence-electron chi connectivity index (χ0n) is 15.0. The van der Waals surface area contributed by atoms with Crippen molar-refractivity contribution in [1.29, 1.82) is 0 Å². The van der Waals surface area contributed by atoms with Crippen LogP contribution < -0.4 is 5.32 Å². The quantitative estimate of drug-likeness (QED) is 0.776. The lowest BCUT2D eigenvalue weighted by Gasteiger charge is -2.43. The molecule has 1 unspecified atom stereocenters. The normalized spacial score (nSPS) is 14.0. The summed E-state index contributed by atoms with van der Waals surface area (Å²) in [6.07, 6.45) is 1.07. The largest absolute Gasteiger partial charge is 0.315 e. The molecule has 0 saturated carbocycles. The smallest absolute Gasteiger partial charge is 0.0309 e. The second-order valence-electron chi connectivity index (χ2n) is 6.77. The summed E-state index contributed by atoms with van der Waals surface area (Å²) in [7, 11) is 2.08. The Morgan fingerprint density at radius 2 is 1.57 bits per heavy atom. The number of hydrogen-bond donors (Lipinski definition) is 1. The van der Waals surface area contributed by atoms with Crippen LogP contribution in [0.3, 0.4) is 0 Å². The van der Waals surface area contributed by atoms with E-state index in [1.807, 2.05) is 0 Å². The van der Waals surface area contributed by atoms with Gasteiger partial charge in [0.15, 0.2) is 0 Å². The van der Waals surface area contributed by atoms with Crippen LogP contribution in [0, 0.1) is 0 Å². The van der Waals surface area contributed by atoms with Gasteiger partial charge < -0.3 is 5.32 Å². The van der Waals surface area contributed by atoms with Gasteiger partial charge in [-0.05, 0) is 57.5 Å². The third kappa shape index (κ3) is 4.55. The molecule has 0 aliphatic carbocycles. The number of likely N-dealkylation sites (N-methyl/N-ethyl adjacent to an activating group) is 2. The van der Waals surface area contributed by atoms with Crippen molar-refractivity contribution in [3.8, 4) is 0 Å². The predicted molar refractivity (Wildman–Crippen MR) is 94.1 cm³/mol. The number of rotatable bonds is 8. The topological polar surface area (TPSA) is 15.3 Å². The Morgan fingerprint density at radius 3 is 1.95 bits per heavy atom. The van der Waals surface area contributed by atoms with Crippen molar-refractivity contribution >= 4 is 0 Å². The van der Waals surface area contributed by atoms with Gasteiger partial charge in [-0.1, -0.05) is 52.0 Å².